The average molecular weight is 474 g/mol. The lowest BCUT2D eigenvalue weighted by molar-refractivity contribution is 0.598. The molecule has 1 N–H and O–H groups in total. The second-order valence-corrected chi connectivity index (χ2v) is 7.47. The summed E-state index contributed by atoms with van der Waals surface area (Å²) in [6.07, 6.45) is 0. The van der Waals surface area contributed by atoms with Gasteiger partial charge in [0.2, 0.25) is 0 Å². The van der Waals surface area contributed by atoms with E-state index in [-0.39, 0.29) is 15.1 Å². The second-order valence-electron chi connectivity index (χ2n) is 3.80. The SMILES string of the molecule is O=S(=O)(Nc1ccc(F)cc1I)c1ccc(F)cc1Br. The summed E-state index contributed by atoms with van der Waals surface area (Å²) >= 11 is 4.83. The molecule has 0 amide bonds. The molecule has 106 valence electrons. The summed E-state index contributed by atoms with van der Waals surface area (Å²) in [6, 6.07) is 6.95. The number of hydrogen-bond acceptors (Lipinski definition) is 2. The summed E-state index contributed by atoms with van der Waals surface area (Å²) in [5.41, 5.74) is 0.253. The van der Waals surface area contributed by atoms with Crippen LogP contribution in [0.5, 0.6) is 0 Å². The van der Waals surface area contributed by atoms with Gasteiger partial charge in [-0.25, -0.2) is 17.2 Å². The fraction of sp³-hybridized carbons (Fsp3) is 0. The molecule has 0 saturated carbocycles. The van der Waals surface area contributed by atoms with Crippen molar-refractivity contribution in [3.8, 4) is 0 Å². The van der Waals surface area contributed by atoms with E-state index in [1.165, 1.54) is 12.1 Å². The van der Waals surface area contributed by atoms with E-state index >= 15 is 0 Å². The average Bonchev–Trinajstić information content (AvgIpc) is 2.32. The Labute approximate surface area is 136 Å². The first-order valence-corrected chi connectivity index (χ1v) is 8.58. The van der Waals surface area contributed by atoms with Crippen LogP contribution < -0.4 is 4.72 Å². The van der Waals surface area contributed by atoms with Crippen LogP contribution in [0.1, 0.15) is 0 Å². The van der Waals surface area contributed by atoms with Gasteiger partial charge in [0.05, 0.1) is 5.69 Å². The Morgan fingerprint density at radius 1 is 1.05 bits per heavy atom. The summed E-state index contributed by atoms with van der Waals surface area (Å²) in [5.74, 6) is -1.01. The number of anilines is 1. The van der Waals surface area contributed by atoms with Crippen LogP contribution in [0.15, 0.2) is 45.8 Å². The van der Waals surface area contributed by atoms with Crippen molar-refractivity contribution >= 4 is 54.2 Å². The minimum atomic E-state index is -3.89. The van der Waals surface area contributed by atoms with Crippen LogP contribution in [-0.4, -0.2) is 8.42 Å². The lowest BCUT2D eigenvalue weighted by atomic mass is 10.3. The van der Waals surface area contributed by atoms with Crippen molar-refractivity contribution in [1.82, 2.24) is 0 Å². The van der Waals surface area contributed by atoms with Crippen LogP contribution in [0.3, 0.4) is 0 Å². The van der Waals surface area contributed by atoms with Gasteiger partial charge < -0.3 is 0 Å². The molecule has 0 aromatic heterocycles. The van der Waals surface area contributed by atoms with Crippen LogP contribution in [0, 0.1) is 15.2 Å². The highest BCUT2D eigenvalue weighted by atomic mass is 127. The Balaban J connectivity index is 2.41. The molecule has 3 nitrogen and oxygen atoms in total. The molecule has 8 heteroatoms. The first-order chi connectivity index (χ1) is 9.29. The Kier molecular flexibility index (Phi) is 4.65. The van der Waals surface area contributed by atoms with Crippen molar-refractivity contribution in [1.29, 1.82) is 0 Å². The van der Waals surface area contributed by atoms with E-state index in [1.54, 1.807) is 0 Å². The topological polar surface area (TPSA) is 46.2 Å². The van der Waals surface area contributed by atoms with Gasteiger partial charge in [-0.1, -0.05) is 0 Å². The number of benzene rings is 2. The van der Waals surface area contributed by atoms with E-state index in [2.05, 4.69) is 20.7 Å². The van der Waals surface area contributed by atoms with Crippen molar-refractivity contribution < 1.29 is 17.2 Å². The third kappa shape index (κ3) is 3.47. The summed E-state index contributed by atoms with van der Waals surface area (Å²) in [5, 5.41) is 0. The van der Waals surface area contributed by atoms with E-state index < -0.39 is 21.7 Å². The van der Waals surface area contributed by atoms with Gasteiger partial charge in [-0.05, 0) is 74.9 Å². The molecular weight excluding hydrogens is 467 g/mol. The van der Waals surface area contributed by atoms with E-state index in [4.69, 9.17) is 0 Å². The standard InChI is InChI=1S/C12H7BrF2INO2S/c13-9-5-7(14)2-4-12(9)20(18,19)17-11-3-1-8(15)6-10(11)16/h1-6,17H. The maximum absolute atomic E-state index is 13.0. The molecular formula is C12H7BrF2INO2S. The smallest absolute Gasteiger partial charge is 0.263 e. The summed E-state index contributed by atoms with van der Waals surface area (Å²) < 4.78 is 53.3. The minimum absolute atomic E-state index is 0.0981. The molecule has 2 aromatic carbocycles. The molecule has 0 radical (unpaired) electrons. The van der Waals surface area contributed by atoms with Crippen LogP contribution in [0.4, 0.5) is 14.5 Å². The molecule has 2 rings (SSSR count). The highest BCUT2D eigenvalue weighted by molar-refractivity contribution is 14.1. The van der Waals surface area contributed by atoms with E-state index in [0.717, 1.165) is 24.3 Å². The van der Waals surface area contributed by atoms with E-state index in [0.29, 0.717) is 3.57 Å². The van der Waals surface area contributed by atoms with E-state index in [9.17, 15) is 17.2 Å². The quantitative estimate of drug-likeness (QED) is 0.681. The van der Waals surface area contributed by atoms with Gasteiger partial charge in [0.1, 0.15) is 16.5 Å². The number of nitrogens with one attached hydrogen (secondary N) is 1. The molecule has 0 fully saturated rings. The van der Waals surface area contributed by atoms with Gasteiger partial charge in [-0.15, -0.1) is 0 Å². The Bertz CT molecular complexity index is 768. The van der Waals surface area contributed by atoms with Gasteiger partial charge >= 0.3 is 0 Å². The molecule has 0 saturated heterocycles. The first kappa shape index (κ1) is 15.6. The van der Waals surface area contributed by atoms with Crippen LogP contribution in [0.25, 0.3) is 0 Å². The molecule has 0 heterocycles. The highest BCUT2D eigenvalue weighted by Gasteiger charge is 2.19. The van der Waals surface area contributed by atoms with Crippen molar-refractivity contribution in [3.63, 3.8) is 0 Å². The second kappa shape index (κ2) is 5.94. The van der Waals surface area contributed by atoms with E-state index in [1.807, 2.05) is 22.6 Å². The molecule has 0 aliphatic heterocycles. The molecule has 0 bridgehead atoms. The van der Waals surface area contributed by atoms with Gasteiger partial charge in [0.15, 0.2) is 0 Å². The highest BCUT2D eigenvalue weighted by Crippen LogP contribution is 2.27. The lowest BCUT2D eigenvalue weighted by Gasteiger charge is -2.11. The Hall–Kier alpha value is -0.740. The zero-order chi connectivity index (χ0) is 14.9. The van der Waals surface area contributed by atoms with Gasteiger partial charge in [0, 0.05) is 8.04 Å². The van der Waals surface area contributed by atoms with Gasteiger partial charge in [-0.3, -0.25) is 4.72 Å². The summed E-state index contributed by atoms with van der Waals surface area (Å²) in [7, 11) is -3.89. The van der Waals surface area contributed by atoms with Crippen LogP contribution >= 0.6 is 38.5 Å². The fourth-order valence-electron chi connectivity index (χ4n) is 1.47. The number of halogens is 4. The molecule has 0 atom stereocenters. The first-order valence-electron chi connectivity index (χ1n) is 5.22. The Morgan fingerprint density at radius 2 is 1.65 bits per heavy atom. The maximum Gasteiger partial charge on any atom is 0.263 e. The molecule has 0 aliphatic carbocycles. The molecule has 0 spiro atoms. The molecule has 2 aromatic rings. The normalized spacial score (nSPS) is 11.4. The van der Waals surface area contributed by atoms with Crippen molar-refractivity contribution in [3.05, 3.63) is 56.1 Å². The van der Waals surface area contributed by atoms with Gasteiger partial charge in [0.25, 0.3) is 10.0 Å². The number of sulfonamides is 1. The van der Waals surface area contributed by atoms with Crippen molar-refractivity contribution in [2.75, 3.05) is 4.72 Å². The van der Waals surface area contributed by atoms with Crippen LogP contribution in [-0.2, 0) is 10.0 Å². The zero-order valence-corrected chi connectivity index (χ0v) is 14.3. The predicted molar refractivity (Wildman–Crippen MR) is 84.0 cm³/mol. The minimum Gasteiger partial charge on any atom is -0.279 e. The fourth-order valence-corrected chi connectivity index (χ4v) is 4.39. The van der Waals surface area contributed by atoms with Gasteiger partial charge in [-0.2, -0.15) is 0 Å². The molecule has 0 aliphatic rings. The molecule has 0 unspecified atom stereocenters. The number of rotatable bonds is 3. The lowest BCUT2D eigenvalue weighted by Crippen LogP contribution is -2.14. The monoisotopic (exact) mass is 473 g/mol. The third-order valence-electron chi connectivity index (χ3n) is 2.36. The number of hydrogen-bond donors (Lipinski definition) is 1. The van der Waals surface area contributed by atoms with Crippen LogP contribution in [0.2, 0.25) is 0 Å². The predicted octanol–water partition coefficient (Wildman–Crippen LogP) is 4.13. The maximum atomic E-state index is 13.0. The van der Waals surface area contributed by atoms with Crippen molar-refractivity contribution in [2.24, 2.45) is 0 Å². The third-order valence-corrected chi connectivity index (χ3v) is 5.59. The molecule has 20 heavy (non-hydrogen) atoms. The Morgan fingerprint density at radius 3 is 2.25 bits per heavy atom. The zero-order valence-electron chi connectivity index (χ0n) is 9.70. The summed E-state index contributed by atoms with van der Waals surface area (Å²) in [6.45, 7) is 0. The summed E-state index contributed by atoms with van der Waals surface area (Å²) in [4.78, 5) is -0.0981. The van der Waals surface area contributed by atoms with Crippen molar-refractivity contribution in [2.45, 2.75) is 4.90 Å². The largest absolute Gasteiger partial charge is 0.279 e.